The van der Waals surface area contributed by atoms with Crippen molar-refractivity contribution in [3.63, 3.8) is 0 Å². The predicted molar refractivity (Wildman–Crippen MR) is 85.1 cm³/mol. The largest absolute Gasteiger partial charge is 0.494 e. The highest BCUT2D eigenvalue weighted by atomic mass is 79.9. The number of methoxy groups -OCH3 is 1. The van der Waals surface area contributed by atoms with Gasteiger partial charge in [-0.25, -0.2) is 0 Å². The molecular formula is C12H10Br2N2O2S. The SMILES string of the molecule is COc1cc(N)ccc1NC(=O)c1cc(Br)sc1Br. The van der Waals surface area contributed by atoms with Gasteiger partial charge in [0.2, 0.25) is 0 Å². The van der Waals surface area contributed by atoms with Crippen molar-refractivity contribution >= 4 is 60.5 Å². The fourth-order valence-corrected chi connectivity index (χ4v) is 4.29. The number of carbonyl (C=O) groups excluding carboxylic acids is 1. The van der Waals surface area contributed by atoms with E-state index in [0.717, 1.165) is 7.57 Å². The number of anilines is 2. The third-order valence-corrected chi connectivity index (χ3v) is 4.71. The molecule has 0 aliphatic carbocycles. The number of halogens is 2. The lowest BCUT2D eigenvalue weighted by Crippen LogP contribution is -2.12. The quantitative estimate of drug-likeness (QED) is 0.755. The summed E-state index contributed by atoms with van der Waals surface area (Å²) < 4.78 is 6.84. The maximum absolute atomic E-state index is 12.2. The molecule has 0 atom stereocenters. The van der Waals surface area contributed by atoms with Crippen LogP contribution in [0.15, 0.2) is 31.8 Å². The number of benzene rings is 1. The molecule has 1 heterocycles. The van der Waals surface area contributed by atoms with Crippen LogP contribution in [0.2, 0.25) is 0 Å². The molecular weight excluding hydrogens is 396 g/mol. The number of hydrogen-bond acceptors (Lipinski definition) is 4. The van der Waals surface area contributed by atoms with Gasteiger partial charge < -0.3 is 15.8 Å². The molecule has 2 rings (SSSR count). The van der Waals surface area contributed by atoms with E-state index in [9.17, 15) is 4.79 Å². The Kier molecular flexibility index (Phi) is 4.49. The minimum Gasteiger partial charge on any atom is -0.494 e. The molecule has 0 aliphatic rings. The van der Waals surface area contributed by atoms with Gasteiger partial charge in [-0.05, 0) is 50.1 Å². The van der Waals surface area contributed by atoms with Gasteiger partial charge in [0.25, 0.3) is 5.91 Å². The summed E-state index contributed by atoms with van der Waals surface area (Å²) in [5, 5.41) is 2.80. The topological polar surface area (TPSA) is 64.3 Å². The van der Waals surface area contributed by atoms with Crippen molar-refractivity contribution in [1.29, 1.82) is 0 Å². The lowest BCUT2D eigenvalue weighted by Gasteiger charge is -2.10. The van der Waals surface area contributed by atoms with E-state index in [-0.39, 0.29) is 5.91 Å². The lowest BCUT2D eigenvalue weighted by atomic mass is 10.2. The number of rotatable bonds is 3. The van der Waals surface area contributed by atoms with Crippen molar-refractivity contribution in [3.8, 4) is 5.75 Å². The molecule has 100 valence electrons. The summed E-state index contributed by atoms with van der Waals surface area (Å²) in [6.07, 6.45) is 0. The van der Waals surface area contributed by atoms with Gasteiger partial charge in [0.1, 0.15) is 5.75 Å². The van der Waals surface area contributed by atoms with Crippen molar-refractivity contribution in [3.05, 3.63) is 37.4 Å². The van der Waals surface area contributed by atoms with Crippen molar-refractivity contribution in [1.82, 2.24) is 0 Å². The summed E-state index contributed by atoms with van der Waals surface area (Å²) in [5.74, 6) is 0.315. The molecule has 0 bridgehead atoms. The second kappa shape index (κ2) is 5.94. The molecule has 0 saturated carbocycles. The number of thiophene rings is 1. The molecule has 1 amide bonds. The number of nitrogens with one attached hydrogen (secondary N) is 1. The minimum atomic E-state index is -0.211. The summed E-state index contributed by atoms with van der Waals surface area (Å²) in [6, 6.07) is 6.83. The van der Waals surface area contributed by atoms with E-state index in [2.05, 4.69) is 37.2 Å². The standard InChI is InChI=1S/C12H10Br2N2O2S/c1-18-9-4-6(15)2-3-8(9)16-12(17)7-5-10(13)19-11(7)14/h2-5H,15H2,1H3,(H,16,17). The first-order valence-corrected chi connectivity index (χ1v) is 7.61. The molecule has 19 heavy (non-hydrogen) atoms. The fourth-order valence-electron chi connectivity index (χ4n) is 1.50. The monoisotopic (exact) mass is 404 g/mol. The highest BCUT2D eigenvalue weighted by Gasteiger charge is 2.15. The maximum Gasteiger partial charge on any atom is 0.257 e. The summed E-state index contributed by atoms with van der Waals surface area (Å²) in [6.45, 7) is 0. The van der Waals surface area contributed by atoms with E-state index in [1.54, 1.807) is 24.3 Å². The predicted octanol–water partition coefficient (Wildman–Crippen LogP) is 4.12. The first kappa shape index (κ1) is 14.4. The number of nitrogens with two attached hydrogens (primary N) is 1. The molecule has 0 unspecified atom stereocenters. The summed E-state index contributed by atoms with van der Waals surface area (Å²) in [5.41, 5.74) is 7.39. The highest BCUT2D eigenvalue weighted by Crippen LogP contribution is 2.33. The van der Waals surface area contributed by atoms with Gasteiger partial charge in [-0.2, -0.15) is 0 Å². The van der Waals surface area contributed by atoms with E-state index in [4.69, 9.17) is 10.5 Å². The average molecular weight is 406 g/mol. The van der Waals surface area contributed by atoms with E-state index in [0.29, 0.717) is 22.7 Å². The highest BCUT2D eigenvalue weighted by molar-refractivity contribution is 9.12. The first-order chi connectivity index (χ1) is 9.01. The summed E-state index contributed by atoms with van der Waals surface area (Å²) in [4.78, 5) is 12.2. The first-order valence-electron chi connectivity index (χ1n) is 5.21. The van der Waals surface area contributed by atoms with Gasteiger partial charge >= 0.3 is 0 Å². The van der Waals surface area contributed by atoms with Crippen LogP contribution in [0.1, 0.15) is 10.4 Å². The van der Waals surface area contributed by atoms with Crippen molar-refractivity contribution in [2.75, 3.05) is 18.2 Å². The van der Waals surface area contributed by atoms with Gasteiger partial charge in [0.15, 0.2) is 0 Å². The number of hydrogen-bond donors (Lipinski definition) is 2. The Morgan fingerprint density at radius 2 is 2.11 bits per heavy atom. The molecule has 0 saturated heterocycles. The van der Waals surface area contributed by atoms with Gasteiger partial charge in [0, 0.05) is 11.8 Å². The minimum absolute atomic E-state index is 0.211. The number of nitrogen functional groups attached to an aromatic ring is 1. The van der Waals surface area contributed by atoms with Crippen molar-refractivity contribution in [2.24, 2.45) is 0 Å². The van der Waals surface area contributed by atoms with Gasteiger partial charge in [-0.1, -0.05) is 0 Å². The summed E-state index contributed by atoms with van der Waals surface area (Å²) in [7, 11) is 1.53. The molecule has 0 radical (unpaired) electrons. The Hall–Kier alpha value is -1.05. The Bertz CT molecular complexity index is 628. The zero-order valence-corrected chi connectivity index (χ0v) is 13.9. The van der Waals surface area contributed by atoms with Crippen molar-refractivity contribution < 1.29 is 9.53 Å². The van der Waals surface area contributed by atoms with E-state index in [1.165, 1.54) is 18.4 Å². The Morgan fingerprint density at radius 1 is 1.37 bits per heavy atom. The van der Waals surface area contributed by atoms with Crippen molar-refractivity contribution in [2.45, 2.75) is 0 Å². The van der Waals surface area contributed by atoms with Crippen LogP contribution in [0, 0.1) is 0 Å². The molecule has 1 aromatic carbocycles. The van der Waals surface area contributed by atoms with Crippen LogP contribution < -0.4 is 15.8 Å². The van der Waals surface area contributed by atoms with Crippen LogP contribution >= 0.6 is 43.2 Å². The van der Waals surface area contributed by atoms with E-state index < -0.39 is 0 Å². The molecule has 2 aromatic rings. The lowest BCUT2D eigenvalue weighted by molar-refractivity contribution is 0.102. The molecule has 0 spiro atoms. The van der Waals surface area contributed by atoms with Crippen LogP contribution in [-0.2, 0) is 0 Å². The third-order valence-electron chi connectivity index (χ3n) is 2.38. The van der Waals surface area contributed by atoms with Crippen LogP contribution in [0.5, 0.6) is 5.75 Å². The van der Waals surface area contributed by atoms with Gasteiger partial charge in [-0.3, -0.25) is 4.79 Å². The molecule has 0 fully saturated rings. The Balaban J connectivity index is 2.26. The maximum atomic E-state index is 12.2. The molecule has 0 aliphatic heterocycles. The summed E-state index contributed by atoms with van der Waals surface area (Å²) >= 11 is 8.14. The molecule has 3 N–H and O–H groups in total. The van der Waals surface area contributed by atoms with Gasteiger partial charge in [0.05, 0.1) is 25.9 Å². The number of ether oxygens (including phenoxy) is 1. The second-order valence-electron chi connectivity index (χ2n) is 3.65. The Labute approximate surface area is 131 Å². The smallest absolute Gasteiger partial charge is 0.257 e. The zero-order valence-electron chi connectivity index (χ0n) is 9.87. The zero-order chi connectivity index (χ0) is 14.0. The van der Waals surface area contributed by atoms with Crippen LogP contribution in [0.25, 0.3) is 0 Å². The third kappa shape index (κ3) is 3.29. The average Bonchev–Trinajstić information content (AvgIpc) is 2.70. The van der Waals surface area contributed by atoms with E-state index in [1.807, 2.05) is 0 Å². The fraction of sp³-hybridized carbons (Fsp3) is 0.0833. The number of carbonyl (C=O) groups is 1. The molecule has 7 heteroatoms. The number of amides is 1. The molecule has 1 aromatic heterocycles. The Morgan fingerprint density at radius 3 is 2.68 bits per heavy atom. The normalized spacial score (nSPS) is 10.3. The molecule has 4 nitrogen and oxygen atoms in total. The van der Waals surface area contributed by atoms with Crippen LogP contribution in [0.3, 0.4) is 0 Å². The van der Waals surface area contributed by atoms with Gasteiger partial charge in [-0.15, -0.1) is 11.3 Å². The second-order valence-corrected chi connectivity index (χ2v) is 7.40. The van der Waals surface area contributed by atoms with Crippen LogP contribution in [-0.4, -0.2) is 13.0 Å². The van der Waals surface area contributed by atoms with Crippen LogP contribution in [0.4, 0.5) is 11.4 Å². The van der Waals surface area contributed by atoms with E-state index >= 15 is 0 Å².